The molecule has 1 N–H and O–H groups in total. The Kier molecular flexibility index (Phi) is 5.91. The highest BCUT2D eigenvalue weighted by molar-refractivity contribution is 7.90. The lowest BCUT2D eigenvalue weighted by Crippen LogP contribution is -2.31. The number of carbonyl (C=O) groups is 1. The van der Waals surface area contributed by atoms with E-state index in [0.29, 0.717) is 6.07 Å². The molecule has 0 aromatic heterocycles. The normalized spacial score (nSPS) is 12.9. The number of hydrogen-bond acceptors (Lipinski definition) is 4. The van der Waals surface area contributed by atoms with Crippen LogP contribution in [-0.2, 0) is 21.0 Å². The van der Waals surface area contributed by atoms with Crippen LogP contribution >= 0.6 is 0 Å². The second-order valence-corrected chi connectivity index (χ2v) is 7.54. The van der Waals surface area contributed by atoms with E-state index in [0.717, 1.165) is 17.7 Å². The summed E-state index contributed by atoms with van der Waals surface area (Å²) in [4.78, 5) is 11.3. The number of halogens is 3. The lowest BCUT2D eigenvalue weighted by Gasteiger charge is -2.14. The van der Waals surface area contributed by atoms with Gasteiger partial charge < -0.3 is 0 Å². The van der Waals surface area contributed by atoms with Crippen LogP contribution in [0.25, 0.3) is 0 Å². The van der Waals surface area contributed by atoms with E-state index >= 15 is 0 Å². The first-order chi connectivity index (χ1) is 12.5. The number of nitriles is 1. The van der Waals surface area contributed by atoms with Crippen molar-refractivity contribution in [2.75, 3.05) is 0 Å². The van der Waals surface area contributed by atoms with E-state index in [1.165, 1.54) is 6.07 Å². The van der Waals surface area contributed by atoms with Crippen molar-refractivity contribution in [2.24, 2.45) is 0 Å². The number of sulfonamides is 1. The molecule has 1 atom stereocenters. The van der Waals surface area contributed by atoms with Gasteiger partial charge in [0.25, 0.3) is 10.0 Å². The van der Waals surface area contributed by atoms with Crippen molar-refractivity contribution in [3.05, 3.63) is 65.2 Å². The maximum absolute atomic E-state index is 13.0. The van der Waals surface area contributed by atoms with E-state index < -0.39 is 38.1 Å². The second-order valence-electron chi connectivity index (χ2n) is 5.86. The SMILES string of the molecule is CC(CC(=O)NS(=O)(=O)c1ccc(C#N)c(C(F)(F)F)c1)c1ccccc1. The lowest BCUT2D eigenvalue weighted by atomic mass is 9.98. The zero-order chi connectivity index (χ0) is 20.2. The van der Waals surface area contributed by atoms with Gasteiger partial charge in [0.1, 0.15) is 0 Å². The Morgan fingerprint density at radius 2 is 1.81 bits per heavy atom. The van der Waals surface area contributed by atoms with Crippen molar-refractivity contribution < 1.29 is 26.4 Å². The Morgan fingerprint density at radius 3 is 2.37 bits per heavy atom. The van der Waals surface area contributed by atoms with E-state index in [1.807, 2.05) is 0 Å². The Bertz CT molecular complexity index is 981. The molecule has 0 heterocycles. The van der Waals surface area contributed by atoms with Crippen LogP contribution in [0.5, 0.6) is 0 Å². The van der Waals surface area contributed by atoms with Crippen LogP contribution in [0.2, 0.25) is 0 Å². The number of carbonyl (C=O) groups excluding carboxylic acids is 1. The number of rotatable bonds is 5. The fourth-order valence-corrected chi connectivity index (χ4v) is 3.47. The smallest absolute Gasteiger partial charge is 0.274 e. The van der Waals surface area contributed by atoms with Gasteiger partial charge in [0.2, 0.25) is 5.91 Å². The molecule has 0 aliphatic rings. The molecule has 2 rings (SSSR count). The minimum Gasteiger partial charge on any atom is -0.274 e. The summed E-state index contributed by atoms with van der Waals surface area (Å²) in [5.41, 5.74) is -1.26. The second kappa shape index (κ2) is 7.80. The van der Waals surface area contributed by atoms with E-state index in [2.05, 4.69) is 0 Å². The quantitative estimate of drug-likeness (QED) is 0.837. The van der Waals surface area contributed by atoms with Crippen LogP contribution < -0.4 is 4.72 Å². The Morgan fingerprint density at radius 1 is 1.19 bits per heavy atom. The molecule has 2 aromatic rings. The molecule has 0 bridgehead atoms. The van der Waals surface area contributed by atoms with Gasteiger partial charge in [-0.15, -0.1) is 0 Å². The molecule has 0 radical (unpaired) electrons. The van der Waals surface area contributed by atoms with Crippen LogP contribution in [-0.4, -0.2) is 14.3 Å². The first kappa shape index (κ1) is 20.5. The van der Waals surface area contributed by atoms with E-state index in [-0.39, 0.29) is 12.3 Å². The lowest BCUT2D eigenvalue weighted by molar-refractivity contribution is -0.137. The van der Waals surface area contributed by atoms with Crippen molar-refractivity contribution in [3.63, 3.8) is 0 Å². The highest BCUT2D eigenvalue weighted by atomic mass is 32.2. The van der Waals surface area contributed by atoms with Crippen molar-refractivity contribution in [2.45, 2.75) is 30.3 Å². The summed E-state index contributed by atoms with van der Waals surface area (Å²) in [5.74, 6) is -1.13. The number of amides is 1. The van der Waals surface area contributed by atoms with Gasteiger partial charge in [-0.25, -0.2) is 13.1 Å². The number of hydrogen-bond donors (Lipinski definition) is 1. The summed E-state index contributed by atoms with van der Waals surface area (Å²) in [5, 5.41) is 8.76. The summed E-state index contributed by atoms with van der Waals surface area (Å²) in [6.45, 7) is 1.73. The van der Waals surface area contributed by atoms with Crippen LogP contribution in [0.3, 0.4) is 0 Å². The monoisotopic (exact) mass is 396 g/mol. The predicted molar refractivity (Wildman–Crippen MR) is 91.0 cm³/mol. The fraction of sp³-hybridized carbons (Fsp3) is 0.222. The van der Waals surface area contributed by atoms with Gasteiger partial charge in [0, 0.05) is 6.42 Å². The van der Waals surface area contributed by atoms with Crippen molar-refractivity contribution in [1.82, 2.24) is 4.72 Å². The molecule has 1 unspecified atom stereocenters. The van der Waals surface area contributed by atoms with E-state index in [4.69, 9.17) is 5.26 Å². The molecule has 5 nitrogen and oxygen atoms in total. The third kappa shape index (κ3) is 5.08. The standard InChI is InChI=1S/C18H15F3N2O3S/c1-12(13-5-3-2-4-6-13)9-17(24)23-27(25,26)15-8-7-14(11-22)16(10-15)18(19,20)21/h2-8,10,12H,9H2,1H3,(H,23,24). The maximum atomic E-state index is 13.0. The van der Waals surface area contributed by atoms with Gasteiger partial charge in [0.05, 0.1) is 22.1 Å². The number of benzene rings is 2. The first-order valence-electron chi connectivity index (χ1n) is 7.76. The Hall–Kier alpha value is -2.86. The molecule has 0 saturated carbocycles. The summed E-state index contributed by atoms with van der Waals surface area (Å²) >= 11 is 0. The number of alkyl halides is 3. The maximum Gasteiger partial charge on any atom is 0.417 e. The first-order valence-corrected chi connectivity index (χ1v) is 9.25. The zero-order valence-corrected chi connectivity index (χ0v) is 14.9. The van der Waals surface area contributed by atoms with Gasteiger partial charge in [-0.1, -0.05) is 37.3 Å². The molecule has 9 heteroatoms. The molecular formula is C18H15F3N2O3S. The molecule has 0 aliphatic carbocycles. The predicted octanol–water partition coefficient (Wildman–Crippen LogP) is 3.58. The molecule has 0 saturated heterocycles. The highest BCUT2D eigenvalue weighted by Crippen LogP contribution is 2.33. The minimum atomic E-state index is -4.90. The van der Waals surface area contributed by atoms with Gasteiger partial charge in [-0.3, -0.25) is 4.79 Å². The van der Waals surface area contributed by atoms with E-state index in [1.54, 1.807) is 42.0 Å². The van der Waals surface area contributed by atoms with Crippen molar-refractivity contribution in [3.8, 4) is 6.07 Å². The topological polar surface area (TPSA) is 87.0 Å². The van der Waals surface area contributed by atoms with Crippen LogP contribution in [0.1, 0.15) is 36.0 Å². The van der Waals surface area contributed by atoms with Crippen LogP contribution in [0.4, 0.5) is 13.2 Å². The fourth-order valence-electron chi connectivity index (χ4n) is 2.45. The number of nitrogens with zero attached hydrogens (tertiary/aromatic N) is 1. The van der Waals surface area contributed by atoms with E-state index in [9.17, 15) is 26.4 Å². The zero-order valence-electron chi connectivity index (χ0n) is 14.1. The summed E-state index contributed by atoms with van der Waals surface area (Å²) in [6.07, 6.45) is -5.06. The largest absolute Gasteiger partial charge is 0.417 e. The number of nitrogens with one attached hydrogen (secondary N) is 1. The average molecular weight is 396 g/mol. The van der Waals surface area contributed by atoms with Gasteiger partial charge >= 0.3 is 6.18 Å². The van der Waals surface area contributed by atoms with Crippen molar-refractivity contribution in [1.29, 1.82) is 5.26 Å². The van der Waals surface area contributed by atoms with Crippen molar-refractivity contribution >= 4 is 15.9 Å². The third-order valence-corrected chi connectivity index (χ3v) is 5.21. The Balaban J connectivity index is 2.21. The summed E-state index contributed by atoms with van der Waals surface area (Å²) in [6, 6.07) is 12.2. The average Bonchev–Trinajstić information content (AvgIpc) is 2.60. The van der Waals surface area contributed by atoms with Gasteiger partial charge in [-0.2, -0.15) is 18.4 Å². The highest BCUT2D eigenvalue weighted by Gasteiger charge is 2.35. The molecule has 2 aromatic carbocycles. The third-order valence-electron chi connectivity index (χ3n) is 3.84. The summed E-state index contributed by atoms with van der Waals surface area (Å²) < 4.78 is 65.3. The van der Waals surface area contributed by atoms with Gasteiger partial charge in [0.15, 0.2) is 0 Å². The minimum absolute atomic E-state index is 0.161. The molecule has 0 spiro atoms. The molecule has 27 heavy (non-hydrogen) atoms. The summed E-state index contributed by atoms with van der Waals surface area (Å²) in [7, 11) is -4.50. The molecular weight excluding hydrogens is 381 g/mol. The van der Waals surface area contributed by atoms with Gasteiger partial charge in [-0.05, 0) is 29.7 Å². The molecule has 0 aliphatic heterocycles. The van der Waals surface area contributed by atoms with Crippen LogP contribution in [0.15, 0.2) is 53.4 Å². The molecule has 0 fully saturated rings. The van der Waals surface area contributed by atoms with Crippen LogP contribution in [0, 0.1) is 11.3 Å². The molecule has 1 amide bonds. The molecule has 142 valence electrons. The Labute approximate surface area is 154 Å².